The van der Waals surface area contributed by atoms with Gasteiger partial charge in [0.25, 0.3) is 0 Å². The van der Waals surface area contributed by atoms with Crippen LogP contribution in [0.1, 0.15) is 5.56 Å². The van der Waals surface area contributed by atoms with Gasteiger partial charge in [0.05, 0.1) is 16.3 Å². The molecule has 1 saturated heterocycles. The van der Waals surface area contributed by atoms with E-state index in [2.05, 4.69) is 0 Å². The van der Waals surface area contributed by atoms with E-state index in [9.17, 15) is 8.42 Å². The highest BCUT2D eigenvalue weighted by molar-refractivity contribution is 8.01. The van der Waals surface area contributed by atoms with E-state index in [1.165, 1.54) is 6.26 Å². The zero-order chi connectivity index (χ0) is 14.9. The average Bonchev–Trinajstić information content (AvgIpc) is 2.37. The fourth-order valence-corrected chi connectivity index (χ4v) is 5.33. The number of thioether (sulfide) groups is 1. The number of halogens is 1. The zero-order valence-electron chi connectivity index (χ0n) is 11.0. The lowest BCUT2D eigenvalue weighted by atomic mass is 10.1. The van der Waals surface area contributed by atoms with Gasteiger partial charge in [-0.1, -0.05) is 17.7 Å². The second-order valence-corrected chi connectivity index (χ2v) is 8.36. The Kier molecular flexibility index (Phi) is 4.51. The van der Waals surface area contributed by atoms with Gasteiger partial charge >= 0.3 is 0 Å². The molecule has 1 unspecified atom stereocenters. The molecule has 0 spiro atoms. The first kappa shape index (κ1) is 15.5. The van der Waals surface area contributed by atoms with Gasteiger partial charge in [-0.3, -0.25) is 5.41 Å². The molecule has 1 aliphatic heterocycles. The predicted molar refractivity (Wildman–Crippen MR) is 85.8 cm³/mol. The van der Waals surface area contributed by atoms with Gasteiger partial charge in [-0.2, -0.15) is 11.8 Å². The van der Waals surface area contributed by atoms with Gasteiger partial charge in [0.2, 0.25) is 0 Å². The summed E-state index contributed by atoms with van der Waals surface area (Å²) in [5, 5.41) is 7.42. The van der Waals surface area contributed by atoms with E-state index < -0.39 is 15.2 Å². The van der Waals surface area contributed by atoms with Crippen LogP contribution in [0.15, 0.2) is 18.2 Å². The number of hydrogen-bond acceptors (Lipinski definition) is 5. The number of rotatable bonds is 3. The van der Waals surface area contributed by atoms with Crippen molar-refractivity contribution in [2.45, 2.75) is 5.37 Å². The van der Waals surface area contributed by atoms with Crippen molar-refractivity contribution in [3.63, 3.8) is 0 Å². The van der Waals surface area contributed by atoms with Crippen LogP contribution in [0.5, 0.6) is 0 Å². The van der Waals surface area contributed by atoms with Crippen molar-refractivity contribution in [3.05, 3.63) is 28.8 Å². The molecule has 3 N–H and O–H groups in total. The third kappa shape index (κ3) is 3.05. The highest BCUT2D eigenvalue weighted by Crippen LogP contribution is 2.32. The van der Waals surface area contributed by atoms with Crippen LogP contribution < -0.4 is 10.6 Å². The van der Waals surface area contributed by atoms with Crippen molar-refractivity contribution in [3.8, 4) is 0 Å². The van der Waals surface area contributed by atoms with E-state index >= 15 is 0 Å². The lowest BCUT2D eigenvalue weighted by Gasteiger charge is -2.37. The summed E-state index contributed by atoms with van der Waals surface area (Å²) in [6.45, 7) is 0.586. The van der Waals surface area contributed by atoms with Crippen LogP contribution in [0.3, 0.4) is 0 Å². The molecule has 0 amide bonds. The minimum atomic E-state index is -3.23. The number of nitrogens with one attached hydrogen (secondary N) is 1. The van der Waals surface area contributed by atoms with Crippen LogP contribution in [0.25, 0.3) is 0 Å². The monoisotopic (exact) mass is 333 g/mol. The number of nitrogens with two attached hydrogens (primary N) is 1. The zero-order valence-corrected chi connectivity index (χ0v) is 13.4. The van der Waals surface area contributed by atoms with Crippen LogP contribution in [-0.2, 0) is 9.84 Å². The molecule has 1 aromatic rings. The summed E-state index contributed by atoms with van der Waals surface area (Å²) in [5.41, 5.74) is 6.60. The minimum absolute atomic E-state index is 0.156. The van der Waals surface area contributed by atoms with Crippen LogP contribution in [0.4, 0.5) is 5.69 Å². The number of anilines is 1. The van der Waals surface area contributed by atoms with Crippen molar-refractivity contribution < 1.29 is 8.42 Å². The Balaban J connectivity index is 2.54. The molecule has 2 rings (SSSR count). The van der Waals surface area contributed by atoms with Gasteiger partial charge in [-0.05, 0) is 12.1 Å². The molecule has 5 nitrogen and oxygen atoms in total. The molecular weight excluding hydrogens is 318 g/mol. The highest BCUT2D eigenvalue weighted by atomic mass is 35.5. The van der Waals surface area contributed by atoms with Crippen molar-refractivity contribution in [1.82, 2.24) is 0 Å². The normalized spacial score (nSPS) is 19.9. The van der Waals surface area contributed by atoms with E-state index in [-0.39, 0.29) is 5.84 Å². The number of nitrogens with zero attached hydrogens (tertiary/aromatic N) is 1. The van der Waals surface area contributed by atoms with Crippen LogP contribution in [-0.4, -0.2) is 43.9 Å². The molecule has 20 heavy (non-hydrogen) atoms. The number of amidine groups is 1. The number of nitrogen functional groups attached to an aromatic ring is 1. The van der Waals surface area contributed by atoms with E-state index in [0.29, 0.717) is 28.6 Å². The van der Waals surface area contributed by atoms with Crippen molar-refractivity contribution in [2.24, 2.45) is 5.73 Å². The first-order valence-corrected chi connectivity index (χ1v) is 9.47. The summed E-state index contributed by atoms with van der Waals surface area (Å²) in [6.07, 6.45) is 1.23. The first-order valence-electron chi connectivity index (χ1n) is 5.98. The van der Waals surface area contributed by atoms with Gasteiger partial charge in [0.1, 0.15) is 11.2 Å². The summed E-state index contributed by atoms with van der Waals surface area (Å²) in [5.74, 6) is 1.18. The molecule has 1 aliphatic rings. The van der Waals surface area contributed by atoms with Gasteiger partial charge in [0, 0.05) is 24.3 Å². The van der Waals surface area contributed by atoms with Crippen LogP contribution >= 0.6 is 23.4 Å². The topological polar surface area (TPSA) is 87.2 Å². The molecule has 1 heterocycles. The predicted octanol–water partition coefficient (Wildman–Crippen LogP) is 1.55. The van der Waals surface area contributed by atoms with Gasteiger partial charge in [-0.15, -0.1) is 0 Å². The van der Waals surface area contributed by atoms with E-state index in [1.54, 1.807) is 34.9 Å². The van der Waals surface area contributed by atoms with Crippen molar-refractivity contribution in [2.75, 3.05) is 29.2 Å². The molecule has 110 valence electrons. The Morgan fingerprint density at radius 3 is 2.85 bits per heavy atom. The van der Waals surface area contributed by atoms with Gasteiger partial charge < -0.3 is 10.6 Å². The highest BCUT2D eigenvalue weighted by Gasteiger charge is 2.32. The molecule has 0 bridgehead atoms. The molecule has 0 aliphatic carbocycles. The third-order valence-electron chi connectivity index (χ3n) is 3.15. The fourth-order valence-electron chi connectivity index (χ4n) is 2.23. The summed E-state index contributed by atoms with van der Waals surface area (Å²) in [4.78, 5) is 1.79. The largest absolute Gasteiger partial charge is 0.384 e. The molecule has 0 aromatic heterocycles. The lowest BCUT2D eigenvalue weighted by Crippen LogP contribution is -2.47. The average molecular weight is 334 g/mol. The van der Waals surface area contributed by atoms with E-state index in [0.717, 1.165) is 5.75 Å². The SMILES string of the molecule is CS(=O)(=O)C1CSCCN1c1cccc(Cl)c1C(=N)N. The Hall–Kier alpha value is -0.920. The van der Waals surface area contributed by atoms with Crippen LogP contribution in [0, 0.1) is 5.41 Å². The van der Waals surface area contributed by atoms with Crippen molar-refractivity contribution >= 4 is 44.7 Å². The van der Waals surface area contributed by atoms with Crippen LogP contribution in [0.2, 0.25) is 5.02 Å². The fraction of sp³-hybridized carbons (Fsp3) is 0.417. The Morgan fingerprint density at radius 2 is 2.25 bits per heavy atom. The smallest absolute Gasteiger partial charge is 0.169 e. The molecule has 0 saturated carbocycles. The Bertz CT molecular complexity index is 634. The summed E-state index contributed by atoms with van der Waals surface area (Å²) >= 11 is 7.71. The van der Waals surface area contributed by atoms with Crippen molar-refractivity contribution in [1.29, 1.82) is 5.41 Å². The maximum absolute atomic E-state index is 12.0. The second-order valence-electron chi connectivity index (χ2n) is 4.60. The maximum Gasteiger partial charge on any atom is 0.169 e. The number of sulfone groups is 1. The summed E-state index contributed by atoms with van der Waals surface area (Å²) in [6, 6.07) is 5.15. The summed E-state index contributed by atoms with van der Waals surface area (Å²) in [7, 11) is -3.23. The van der Waals surface area contributed by atoms with E-state index in [1.807, 2.05) is 0 Å². The Labute approximate surface area is 127 Å². The van der Waals surface area contributed by atoms with E-state index in [4.69, 9.17) is 22.7 Å². The number of hydrogen-bond donors (Lipinski definition) is 2. The number of benzene rings is 1. The minimum Gasteiger partial charge on any atom is -0.384 e. The third-order valence-corrected chi connectivity index (χ3v) is 6.11. The first-order chi connectivity index (χ1) is 9.32. The lowest BCUT2D eigenvalue weighted by molar-refractivity contribution is 0.584. The molecular formula is C12H16ClN3O2S2. The molecule has 1 fully saturated rings. The molecule has 1 aromatic carbocycles. The maximum atomic E-state index is 12.0. The summed E-state index contributed by atoms with van der Waals surface area (Å²) < 4.78 is 23.9. The quantitative estimate of drug-likeness (QED) is 0.647. The standard InChI is InChI=1S/C12H16ClN3O2S2/c1-20(17,18)10-7-19-6-5-16(10)9-4-2-3-8(13)11(9)12(14)15/h2-4,10H,5-7H2,1H3,(H3,14,15). The van der Waals surface area contributed by atoms with Gasteiger partial charge in [0.15, 0.2) is 9.84 Å². The molecule has 8 heteroatoms. The second kappa shape index (κ2) is 5.83. The molecule has 1 atom stereocenters. The van der Waals surface area contributed by atoms with Gasteiger partial charge in [-0.25, -0.2) is 8.42 Å². The molecule has 0 radical (unpaired) electrons. The Morgan fingerprint density at radius 1 is 1.55 bits per heavy atom.